The van der Waals surface area contributed by atoms with Gasteiger partial charge in [-0.1, -0.05) is 48.5 Å². The standard InChI is InChI=1S/C23H20N2O3/c24-20(26)14-28-23(27)21-17-10-4-5-12-19(17)25-22-16(9-6-11-18(21)22)13-15-7-2-1-3-8-15/h1-5,7-8,10,12-13H,6,9,11,14H2,(H2,24,26)/b16-13+. The third-order valence-corrected chi connectivity index (χ3v) is 4.86. The van der Waals surface area contributed by atoms with E-state index >= 15 is 0 Å². The van der Waals surface area contributed by atoms with Gasteiger partial charge in [-0.25, -0.2) is 9.78 Å². The highest BCUT2D eigenvalue weighted by Crippen LogP contribution is 2.36. The predicted octanol–water partition coefficient (Wildman–Crippen LogP) is 3.75. The number of pyridine rings is 1. The second-order valence-corrected chi connectivity index (χ2v) is 6.81. The molecule has 5 nitrogen and oxygen atoms in total. The number of nitrogens with two attached hydrogens (primary N) is 1. The van der Waals surface area contributed by atoms with E-state index in [-0.39, 0.29) is 0 Å². The molecule has 0 unspecified atom stereocenters. The molecule has 0 spiro atoms. The van der Waals surface area contributed by atoms with Crippen LogP contribution in [0.1, 0.15) is 40.0 Å². The van der Waals surface area contributed by atoms with Gasteiger partial charge in [0, 0.05) is 5.39 Å². The van der Waals surface area contributed by atoms with Gasteiger partial charge < -0.3 is 10.5 Å². The lowest BCUT2D eigenvalue weighted by Crippen LogP contribution is -2.22. The largest absolute Gasteiger partial charge is 0.452 e. The van der Waals surface area contributed by atoms with Crippen LogP contribution >= 0.6 is 0 Å². The minimum Gasteiger partial charge on any atom is -0.452 e. The van der Waals surface area contributed by atoms with Crippen molar-refractivity contribution in [2.75, 3.05) is 6.61 Å². The van der Waals surface area contributed by atoms with Gasteiger partial charge in [-0.05, 0) is 48.1 Å². The van der Waals surface area contributed by atoms with Crippen molar-refractivity contribution in [3.05, 3.63) is 77.0 Å². The van der Waals surface area contributed by atoms with Crippen LogP contribution < -0.4 is 5.73 Å². The number of esters is 1. The third kappa shape index (κ3) is 3.51. The van der Waals surface area contributed by atoms with E-state index in [0.29, 0.717) is 5.56 Å². The number of rotatable bonds is 4. The fraction of sp³-hybridized carbons (Fsp3) is 0.174. The molecule has 140 valence electrons. The summed E-state index contributed by atoms with van der Waals surface area (Å²) in [5, 5.41) is 0.733. The number of benzene rings is 2. The van der Waals surface area contributed by atoms with Crippen LogP contribution in [-0.4, -0.2) is 23.5 Å². The van der Waals surface area contributed by atoms with Crippen LogP contribution in [-0.2, 0) is 16.0 Å². The number of nitrogens with zero attached hydrogens (tertiary/aromatic N) is 1. The first-order chi connectivity index (χ1) is 13.6. The zero-order chi connectivity index (χ0) is 19.5. The lowest BCUT2D eigenvalue weighted by molar-refractivity contribution is -0.121. The van der Waals surface area contributed by atoms with E-state index in [1.165, 1.54) is 0 Å². The number of primary amides is 1. The molecular formula is C23H20N2O3. The molecule has 0 radical (unpaired) electrons. The Kier molecular flexibility index (Phi) is 4.89. The molecule has 2 N–H and O–H groups in total. The molecule has 1 aliphatic rings. The molecule has 28 heavy (non-hydrogen) atoms. The number of aromatic nitrogens is 1. The molecule has 0 saturated heterocycles. The first-order valence-corrected chi connectivity index (χ1v) is 9.26. The van der Waals surface area contributed by atoms with Crippen molar-refractivity contribution < 1.29 is 14.3 Å². The molecule has 1 heterocycles. The lowest BCUT2D eigenvalue weighted by atomic mass is 9.86. The summed E-state index contributed by atoms with van der Waals surface area (Å²) in [7, 11) is 0. The van der Waals surface area contributed by atoms with Crippen LogP contribution in [0.25, 0.3) is 22.6 Å². The van der Waals surface area contributed by atoms with Gasteiger partial charge in [-0.15, -0.1) is 0 Å². The van der Waals surface area contributed by atoms with Crippen molar-refractivity contribution in [3.63, 3.8) is 0 Å². The Morgan fingerprint density at radius 1 is 1.04 bits per heavy atom. The lowest BCUT2D eigenvalue weighted by Gasteiger charge is -2.22. The Morgan fingerprint density at radius 2 is 1.79 bits per heavy atom. The molecule has 2 aromatic carbocycles. The number of ether oxygens (including phenoxy) is 1. The molecule has 0 fully saturated rings. The summed E-state index contributed by atoms with van der Waals surface area (Å²) in [6.45, 7) is -0.434. The van der Waals surface area contributed by atoms with Crippen LogP contribution in [0.4, 0.5) is 0 Å². The van der Waals surface area contributed by atoms with Crippen LogP contribution in [0.5, 0.6) is 0 Å². The SMILES string of the molecule is NC(=O)COC(=O)c1c2c(nc3ccccc13)/C(=C/c1ccccc1)CCC2. The molecule has 5 heteroatoms. The highest BCUT2D eigenvalue weighted by Gasteiger charge is 2.26. The van der Waals surface area contributed by atoms with E-state index in [0.717, 1.165) is 52.6 Å². The second kappa shape index (κ2) is 7.64. The van der Waals surface area contributed by atoms with Crippen LogP contribution in [0.15, 0.2) is 54.6 Å². The molecule has 0 bridgehead atoms. The monoisotopic (exact) mass is 372 g/mol. The Morgan fingerprint density at radius 3 is 2.57 bits per heavy atom. The van der Waals surface area contributed by atoms with Crippen LogP contribution in [0, 0.1) is 0 Å². The average molecular weight is 372 g/mol. The summed E-state index contributed by atoms with van der Waals surface area (Å²) < 4.78 is 5.16. The van der Waals surface area contributed by atoms with E-state index in [4.69, 9.17) is 15.5 Å². The van der Waals surface area contributed by atoms with Gasteiger partial charge in [-0.3, -0.25) is 4.79 Å². The van der Waals surface area contributed by atoms with Gasteiger partial charge in [0.1, 0.15) is 0 Å². The number of hydrogen-bond donors (Lipinski definition) is 1. The molecular weight excluding hydrogens is 352 g/mol. The van der Waals surface area contributed by atoms with Crippen molar-refractivity contribution in [3.8, 4) is 0 Å². The first-order valence-electron chi connectivity index (χ1n) is 9.26. The molecule has 0 aliphatic heterocycles. The molecule has 0 saturated carbocycles. The number of allylic oxidation sites excluding steroid dienone is 1. The molecule has 0 atom stereocenters. The Hall–Kier alpha value is -3.47. The van der Waals surface area contributed by atoms with E-state index in [1.807, 2.05) is 54.6 Å². The minimum atomic E-state index is -0.676. The predicted molar refractivity (Wildman–Crippen MR) is 108 cm³/mol. The fourth-order valence-electron chi connectivity index (χ4n) is 3.67. The maximum Gasteiger partial charge on any atom is 0.339 e. The molecule has 4 rings (SSSR count). The number of hydrogen-bond acceptors (Lipinski definition) is 4. The quantitative estimate of drug-likeness (QED) is 0.707. The Labute approximate surface area is 162 Å². The third-order valence-electron chi connectivity index (χ3n) is 4.86. The summed E-state index contributed by atoms with van der Waals surface area (Å²) in [4.78, 5) is 28.8. The molecule has 1 aromatic heterocycles. The fourth-order valence-corrected chi connectivity index (χ4v) is 3.67. The van der Waals surface area contributed by atoms with Gasteiger partial charge in [-0.2, -0.15) is 0 Å². The number of carbonyl (C=O) groups is 2. The second-order valence-electron chi connectivity index (χ2n) is 6.81. The van der Waals surface area contributed by atoms with Crippen molar-refractivity contribution >= 4 is 34.4 Å². The zero-order valence-corrected chi connectivity index (χ0v) is 15.4. The number of amides is 1. The van der Waals surface area contributed by atoms with E-state index in [9.17, 15) is 9.59 Å². The summed E-state index contributed by atoms with van der Waals surface area (Å²) in [5.74, 6) is -1.21. The maximum absolute atomic E-state index is 12.8. The van der Waals surface area contributed by atoms with Crippen molar-refractivity contribution in [2.24, 2.45) is 5.73 Å². The molecule has 1 amide bonds. The van der Waals surface area contributed by atoms with Gasteiger partial charge >= 0.3 is 5.97 Å². The van der Waals surface area contributed by atoms with Gasteiger partial charge in [0.05, 0.1) is 16.8 Å². The number of fused-ring (bicyclic) bond motifs is 2. The smallest absolute Gasteiger partial charge is 0.339 e. The number of carbonyl (C=O) groups excluding carboxylic acids is 2. The normalized spacial score (nSPS) is 14.6. The topological polar surface area (TPSA) is 82.3 Å². The maximum atomic E-state index is 12.8. The van der Waals surface area contributed by atoms with Crippen LogP contribution in [0.3, 0.4) is 0 Å². The van der Waals surface area contributed by atoms with E-state index in [2.05, 4.69) is 6.08 Å². The van der Waals surface area contributed by atoms with Gasteiger partial charge in [0.15, 0.2) is 6.61 Å². The summed E-state index contributed by atoms with van der Waals surface area (Å²) in [5.41, 5.74) is 10.3. The Balaban J connectivity index is 1.88. The van der Waals surface area contributed by atoms with Crippen molar-refractivity contribution in [2.45, 2.75) is 19.3 Å². The van der Waals surface area contributed by atoms with Crippen molar-refractivity contribution in [1.82, 2.24) is 4.98 Å². The minimum absolute atomic E-state index is 0.434. The highest BCUT2D eigenvalue weighted by atomic mass is 16.5. The summed E-state index contributed by atoms with van der Waals surface area (Å²) >= 11 is 0. The van der Waals surface area contributed by atoms with Crippen LogP contribution in [0.2, 0.25) is 0 Å². The first kappa shape index (κ1) is 17.9. The summed E-state index contributed by atoms with van der Waals surface area (Å²) in [6.07, 6.45) is 4.67. The van der Waals surface area contributed by atoms with E-state index in [1.54, 1.807) is 0 Å². The van der Waals surface area contributed by atoms with Gasteiger partial charge in [0.25, 0.3) is 5.91 Å². The summed E-state index contributed by atoms with van der Waals surface area (Å²) in [6, 6.07) is 17.6. The highest BCUT2D eigenvalue weighted by molar-refractivity contribution is 6.07. The van der Waals surface area contributed by atoms with Crippen molar-refractivity contribution in [1.29, 1.82) is 0 Å². The van der Waals surface area contributed by atoms with Gasteiger partial charge in [0.2, 0.25) is 0 Å². The molecule has 1 aliphatic carbocycles. The molecule has 3 aromatic rings. The zero-order valence-electron chi connectivity index (χ0n) is 15.4. The number of para-hydroxylation sites is 1. The Bertz CT molecular complexity index is 1090. The average Bonchev–Trinajstić information content (AvgIpc) is 2.71. The van der Waals surface area contributed by atoms with E-state index < -0.39 is 18.5 Å².